The molecule has 0 aliphatic heterocycles. The van der Waals surface area contributed by atoms with Crippen LogP contribution in [0.3, 0.4) is 0 Å². The van der Waals surface area contributed by atoms with Crippen LogP contribution in [-0.2, 0) is 4.79 Å². The first-order valence-corrected chi connectivity index (χ1v) is 6.17. The number of amides is 1. The van der Waals surface area contributed by atoms with Gasteiger partial charge in [0.1, 0.15) is 0 Å². The van der Waals surface area contributed by atoms with Gasteiger partial charge in [-0.05, 0) is 30.0 Å². The molecule has 1 saturated carbocycles. The maximum Gasteiger partial charge on any atom is 0.228 e. The van der Waals surface area contributed by atoms with Crippen molar-refractivity contribution in [1.29, 1.82) is 0 Å². The van der Waals surface area contributed by atoms with E-state index in [-0.39, 0.29) is 11.8 Å². The molecule has 1 amide bonds. The SMILES string of the molecule is O=C(Nc1cn[nH]c1)[C@H]1C[C@H]1c1ccc(Cl)cc1. The first-order chi connectivity index (χ1) is 8.74. The highest BCUT2D eigenvalue weighted by molar-refractivity contribution is 6.30. The Morgan fingerprint density at radius 1 is 1.39 bits per heavy atom. The number of nitrogens with zero attached hydrogens (tertiary/aromatic N) is 1. The maximum absolute atomic E-state index is 11.9. The summed E-state index contributed by atoms with van der Waals surface area (Å²) in [5.41, 5.74) is 1.88. The normalized spacial score (nSPS) is 21.6. The summed E-state index contributed by atoms with van der Waals surface area (Å²) in [6.45, 7) is 0. The van der Waals surface area contributed by atoms with Crippen molar-refractivity contribution < 1.29 is 4.79 Å². The zero-order valence-electron chi connectivity index (χ0n) is 9.56. The highest BCUT2D eigenvalue weighted by Gasteiger charge is 2.43. The van der Waals surface area contributed by atoms with Crippen molar-refractivity contribution >= 4 is 23.2 Å². The molecule has 0 spiro atoms. The fourth-order valence-corrected chi connectivity index (χ4v) is 2.24. The Kier molecular flexibility index (Phi) is 2.80. The molecule has 5 heteroatoms. The summed E-state index contributed by atoms with van der Waals surface area (Å²) in [6.07, 6.45) is 4.15. The predicted molar refractivity (Wildman–Crippen MR) is 69.5 cm³/mol. The fraction of sp³-hybridized carbons (Fsp3) is 0.231. The number of hydrogen-bond donors (Lipinski definition) is 2. The van der Waals surface area contributed by atoms with Gasteiger partial charge in [-0.3, -0.25) is 9.89 Å². The summed E-state index contributed by atoms with van der Waals surface area (Å²) >= 11 is 5.84. The molecule has 1 aliphatic carbocycles. The van der Waals surface area contributed by atoms with E-state index in [0.29, 0.717) is 11.6 Å². The van der Waals surface area contributed by atoms with Gasteiger partial charge in [0.25, 0.3) is 0 Å². The molecule has 2 N–H and O–H groups in total. The quantitative estimate of drug-likeness (QED) is 0.893. The van der Waals surface area contributed by atoms with E-state index in [1.165, 1.54) is 5.56 Å². The van der Waals surface area contributed by atoms with E-state index >= 15 is 0 Å². The lowest BCUT2D eigenvalue weighted by Crippen LogP contribution is -2.14. The molecule has 1 aliphatic rings. The van der Waals surface area contributed by atoms with Gasteiger partial charge in [0.05, 0.1) is 11.9 Å². The first-order valence-electron chi connectivity index (χ1n) is 5.79. The highest BCUT2D eigenvalue weighted by Crippen LogP contribution is 2.48. The molecule has 92 valence electrons. The Morgan fingerprint density at radius 2 is 2.17 bits per heavy atom. The van der Waals surface area contributed by atoms with Gasteiger partial charge in [-0.2, -0.15) is 5.10 Å². The first kappa shape index (κ1) is 11.3. The summed E-state index contributed by atoms with van der Waals surface area (Å²) in [4.78, 5) is 11.9. The van der Waals surface area contributed by atoms with Crippen LogP contribution < -0.4 is 5.32 Å². The Morgan fingerprint density at radius 3 is 2.83 bits per heavy atom. The van der Waals surface area contributed by atoms with Gasteiger partial charge in [-0.25, -0.2) is 0 Å². The lowest BCUT2D eigenvalue weighted by molar-refractivity contribution is -0.117. The van der Waals surface area contributed by atoms with Crippen LogP contribution in [0, 0.1) is 5.92 Å². The van der Waals surface area contributed by atoms with Crippen LogP contribution in [0.4, 0.5) is 5.69 Å². The zero-order chi connectivity index (χ0) is 12.5. The monoisotopic (exact) mass is 261 g/mol. The number of hydrogen-bond acceptors (Lipinski definition) is 2. The number of carbonyl (C=O) groups is 1. The van der Waals surface area contributed by atoms with Crippen molar-refractivity contribution in [2.24, 2.45) is 5.92 Å². The van der Waals surface area contributed by atoms with E-state index < -0.39 is 0 Å². The molecule has 4 nitrogen and oxygen atoms in total. The molecule has 0 saturated heterocycles. The third-order valence-electron chi connectivity index (χ3n) is 3.19. The number of rotatable bonds is 3. The zero-order valence-corrected chi connectivity index (χ0v) is 10.3. The Balaban J connectivity index is 1.63. The summed E-state index contributed by atoms with van der Waals surface area (Å²) in [7, 11) is 0. The minimum atomic E-state index is 0.0522. The fourth-order valence-electron chi connectivity index (χ4n) is 2.12. The van der Waals surface area contributed by atoms with Gasteiger partial charge in [-0.15, -0.1) is 0 Å². The molecule has 0 unspecified atom stereocenters. The topological polar surface area (TPSA) is 57.8 Å². The molecule has 1 heterocycles. The number of H-pyrrole nitrogens is 1. The molecule has 0 radical (unpaired) electrons. The Bertz CT molecular complexity index is 550. The minimum Gasteiger partial charge on any atom is -0.323 e. The van der Waals surface area contributed by atoms with E-state index in [4.69, 9.17) is 11.6 Å². The van der Waals surface area contributed by atoms with Crippen LogP contribution >= 0.6 is 11.6 Å². The third kappa shape index (κ3) is 2.24. The van der Waals surface area contributed by atoms with Crippen molar-refractivity contribution in [3.05, 3.63) is 47.2 Å². The molecular weight excluding hydrogens is 250 g/mol. The Hall–Kier alpha value is -1.81. The van der Waals surface area contributed by atoms with Gasteiger partial charge >= 0.3 is 0 Å². The van der Waals surface area contributed by atoms with Gasteiger partial charge in [0.15, 0.2) is 0 Å². The van der Waals surface area contributed by atoms with Gasteiger partial charge in [0.2, 0.25) is 5.91 Å². The van der Waals surface area contributed by atoms with Crippen molar-refractivity contribution in [2.75, 3.05) is 5.32 Å². The van der Waals surface area contributed by atoms with Crippen LogP contribution in [0.2, 0.25) is 5.02 Å². The second kappa shape index (κ2) is 4.46. The smallest absolute Gasteiger partial charge is 0.228 e. The largest absolute Gasteiger partial charge is 0.323 e. The van der Waals surface area contributed by atoms with Crippen molar-refractivity contribution in [3.8, 4) is 0 Å². The molecule has 3 rings (SSSR count). The number of benzene rings is 1. The second-order valence-corrected chi connectivity index (χ2v) is 4.91. The number of carbonyl (C=O) groups excluding carboxylic acids is 1. The standard InChI is InChI=1S/C13H12ClN3O/c14-9-3-1-8(2-4-9)11-5-12(11)13(18)17-10-6-15-16-7-10/h1-4,6-7,11-12H,5H2,(H,15,16)(H,17,18)/t11-,12-/m0/s1. The maximum atomic E-state index is 11.9. The van der Waals surface area contributed by atoms with Crippen molar-refractivity contribution in [1.82, 2.24) is 10.2 Å². The van der Waals surface area contributed by atoms with E-state index in [9.17, 15) is 4.79 Å². The highest BCUT2D eigenvalue weighted by atomic mass is 35.5. The van der Waals surface area contributed by atoms with Crippen LogP contribution in [-0.4, -0.2) is 16.1 Å². The predicted octanol–water partition coefficient (Wildman–Crippen LogP) is 2.81. The number of aromatic nitrogens is 2. The van der Waals surface area contributed by atoms with E-state index in [1.54, 1.807) is 12.4 Å². The van der Waals surface area contributed by atoms with E-state index in [1.807, 2.05) is 24.3 Å². The molecule has 1 aromatic heterocycles. The molecule has 18 heavy (non-hydrogen) atoms. The molecule has 1 aromatic carbocycles. The van der Waals surface area contributed by atoms with Crippen LogP contribution in [0.15, 0.2) is 36.7 Å². The number of halogens is 1. The minimum absolute atomic E-state index is 0.0522. The van der Waals surface area contributed by atoms with Crippen molar-refractivity contribution in [2.45, 2.75) is 12.3 Å². The van der Waals surface area contributed by atoms with Crippen LogP contribution in [0.25, 0.3) is 0 Å². The number of nitrogens with one attached hydrogen (secondary N) is 2. The number of aromatic amines is 1. The Labute approximate surface area is 109 Å². The number of anilines is 1. The average molecular weight is 262 g/mol. The molecular formula is C13H12ClN3O. The van der Waals surface area contributed by atoms with Gasteiger partial charge in [-0.1, -0.05) is 23.7 Å². The molecule has 2 atom stereocenters. The van der Waals surface area contributed by atoms with Crippen LogP contribution in [0.5, 0.6) is 0 Å². The summed E-state index contributed by atoms with van der Waals surface area (Å²) in [6, 6.07) is 7.69. The lowest BCUT2D eigenvalue weighted by atomic mass is 10.1. The molecule has 0 bridgehead atoms. The lowest BCUT2D eigenvalue weighted by Gasteiger charge is -2.02. The third-order valence-corrected chi connectivity index (χ3v) is 3.44. The average Bonchev–Trinajstić information content (AvgIpc) is 3.01. The second-order valence-electron chi connectivity index (χ2n) is 4.48. The summed E-state index contributed by atoms with van der Waals surface area (Å²) in [5.74, 6) is 0.423. The van der Waals surface area contributed by atoms with Gasteiger partial charge in [0, 0.05) is 17.1 Å². The van der Waals surface area contributed by atoms with Crippen molar-refractivity contribution in [3.63, 3.8) is 0 Å². The molecule has 2 aromatic rings. The summed E-state index contributed by atoms with van der Waals surface area (Å²) in [5, 5.41) is 10.0. The van der Waals surface area contributed by atoms with Gasteiger partial charge < -0.3 is 5.32 Å². The van der Waals surface area contributed by atoms with E-state index in [0.717, 1.165) is 11.4 Å². The van der Waals surface area contributed by atoms with E-state index in [2.05, 4.69) is 15.5 Å². The molecule has 1 fully saturated rings. The van der Waals surface area contributed by atoms with Crippen LogP contribution in [0.1, 0.15) is 17.9 Å². The summed E-state index contributed by atoms with van der Waals surface area (Å²) < 4.78 is 0.